The monoisotopic (exact) mass is 342 g/mol. The van der Waals surface area contributed by atoms with E-state index in [2.05, 4.69) is 0 Å². The molecule has 2 rings (SSSR count). The molecule has 1 atom stereocenters. The highest BCUT2D eigenvalue weighted by molar-refractivity contribution is 5.99. The van der Waals surface area contributed by atoms with Gasteiger partial charge in [-0.1, -0.05) is 31.5 Å². The van der Waals surface area contributed by atoms with E-state index in [0.29, 0.717) is 12.2 Å². The summed E-state index contributed by atoms with van der Waals surface area (Å²) in [4.78, 5) is 26.9. The zero-order valence-electron chi connectivity index (χ0n) is 13.6. The number of para-hydroxylation sites is 1. The van der Waals surface area contributed by atoms with Gasteiger partial charge in [0, 0.05) is 25.2 Å². The van der Waals surface area contributed by atoms with E-state index in [1.54, 1.807) is 29.2 Å². The van der Waals surface area contributed by atoms with Gasteiger partial charge in [0.05, 0.1) is 5.92 Å². The lowest BCUT2D eigenvalue weighted by Crippen LogP contribution is -2.39. The summed E-state index contributed by atoms with van der Waals surface area (Å²) in [6, 6.07) is 9.01. The van der Waals surface area contributed by atoms with Crippen LogP contribution in [0.4, 0.5) is 18.9 Å². The molecule has 0 spiro atoms. The largest absolute Gasteiger partial charge is 0.406 e. The van der Waals surface area contributed by atoms with Gasteiger partial charge in [-0.25, -0.2) is 0 Å². The third-order valence-corrected chi connectivity index (χ3v) is 4.00. The Kier molecular flexibility index (Phi) is 5.85. The highest BCUT2D eigenvalue weighted by atomic mass is 19.4. The molecule has 132 valence electrons. The third-order valence-electron chi connectivity index (χ3n) is 4.00. The summed E-state index contributed by atoms with van der Waals surface area (Å²) < 4.78 is 37.5. The van der Waals surface area contributed by atoms with Crippen molar-refractivity contribution in [3.05, 3.63) is 30.3 Å². The summed E-state index contributed by atoms with van der Waals surface area (Å²) in [7, 11) is 0. The van der Waals surface area contributed by atoms with Gasteiger partial charge in [-0.3, -0.25) is 9.59 Å². The smallest absolute Gasteiger partial charge is 0.333 e. The van der Waals surface area contributed by atoms with E-state index in [4.69, 9.17) is 0 Å². The Balaban J connectivity index is 2.11. The normalized spacial score (nSPS) is 18.1. The summed E-state index contributed by atoms with van der Waals surface area (Å²) in [6.45, 7) is 1.02. The van der Waals surface area contributed by atoms with Gasteiger partial charge in [-0.05, 0) is 18.6 Å². The maximum absolute atomic E-state index is 12.8. The summed E-state index contributed by atoms with van der Waals surface area (Å²) >= 11 is 0. The van der Waals surface area contributed by atoms with E-state index in [1.165, 1.54) is 0 Å². The second-order valence-electron chi connectivity index (χ2n) is 5.97. The van der Waals surface area contributed by atoms with Gasteiger partial charge in [-0.15, -0.1) is 0 Å². The van der Waals surface area contributed by atoms with Gasteiger partial charge >= 0.3 is 6.18 Å². The van der Waals surface area contributed by atoms with E-state index >= 15 is 0 Å². The lowest BCUT2D eigenvalue weighted by atomic mass is 10.1. The van der Waals surface area contributed by atoms with Crippen LogP contribution in [0.1, 0.15) is 26.2 Å². The number of carbonyl (C=O) groups is 2. The van der Waals surface area contributed by atoms with Crippen molar-refractivity contribution < 1.29 is 22.8 Å². The number of likely N-dealkylation sites (tertiary alicyclic amines) is 1. The van der Waals surface area contributed by atoms with Crippen LogP contribution in [0.5, 0.6) is 0 Å². The van der Waals surface area contributed by atoms with Gasteiger partial charge < -0.3 is 9.80 Å². The van der Waals surface area contributed by atoms with Crippen LogP contribution in [0.3, 0.4) is 0 Å². The number of nitrogens with zero attached hydrogens (tertiary/aromatic N) is 2. The molecule has 1 aromatic carbocycles. The molecule has 0 bridgehead atoms. The standard InChI is InChI=1S/C17H21F3N2O2/c1-2-3-9-22(14-7-5-4-6-8-14)16(24)13-10-15(23)21(11-13)12-17(18,19)20/h4-8,13H,2-3,9-12H2,1H3. The van der Waals surface area contributed by atoms with E-state index in [1.807, 2.05) is 13.0 Å². The fraction of sp³-hybridized carbons (Fsp3) is 0.529. The van der Waals surface area contributed by atoms with Crippen molar-refractivity contribution in [2.24, 2.45) is 5.92 Å². The van der Waals surface area contributed by atoms with Crippen LogP contribution < -0.4 is 4.90 Å². The molecule has 1 heterocycles. The SMILES string of the molecule is CCCCN(C(=O)C1CC(=O)N(CC(F)(F)F)C1)c1ccccc1. The van der Waals surface area contributed by atoms with E-state index < -0.39 is 24.5 Å². The Morgan fingerprint density at radius 3 is 2.54 bits per heavy atom. The summed E-state index contributed by atoms with van der Waals surface area (Å²) in [5.41, 5.74) is 0.706. The topological polar surface area (TPSA) is 40.6 Å². The zero-order valence-corrected chi connectivity index (χ0v) is 13.6. The molecular weight excluding hydrogens is 321 g/mol. The fourth-order valence-electron chi connectivity index (χ4n) is 2.82. The van der Waals surface area contributed by atoms with Gasteiger partial charge in [0.15, 0.2) is 0 Å². The number of unbranched alkanes of at least 4 members (excludes halogenated alkanes) is 1. The van der Waals surface area contributed by atoms with Crippen molar-refractivity contribution in [1.82, 2.24) is 4.90 Å². The van der Waals surface area contributed by atoms with E-state index in [0.717, 1.165) is 17.7 Å². The van der Waals surface area contributed by atoms with Crippen LogP contribution in [0.2, 0.25) is 0 Å². The average molecular weight is 342 g/mol. The highest BCUT2D eigenvalue weighted by Gasteiger charge is 2.41. The molecule has 0 aromatic heterocycles. The summed E-state index contributed by atoms with van der Waals surface area (Å²) in [5.74, 6) is -1.63. The average Bonchev–Trinajstić information content (AvgIpc) is 2.87. The van der Waals surface area contributed by atoms with Crippen molar-refractivity contribution in [2.45, 2.75) is 32.4 Å². The van der Waals surface area contributed by atoms with Crippen LogP contribution in [0.15, 0.2) is 30.3 Å². The number of rotatable bonds is 6. The second kappa shape index (κ2) is 7.68. The molecular formula is C17H21F3N2O2. The van der Waals surface area contributed by atoms with Gasteiger partial charge in [-0.2, -0.15) is 13.2 Å². The van der Waals surface area contributed by atoms with Crippen LogP contribution in [-0.2, 0) is 9.59 Å². The number of carbonyl (C=O) groups excluding carboxylic acids is 2. The minimum absolute atomic E-state index is 0.162. The Morgan fingerprint density at radius 1 is 1.29 bits per heavy atom. The molecule has 1 unspecified atom stereocenters. The van der Waals surface area contributed by atoms with Crippen molar-refractivity contribution in [2.75, 3.05) is 24.5 Å². The minimum atomic E-state index is -4.45. The lowest BCUT2D eigenvalue weighted by Gasteiger charge is -2.26. The maximum atomic E-state index is 12.8. The molecule has 1 aliphatic heterocycles. The van der Waals surface area contributed by atoms with Crippen LogP contribution in [-0.4, -0.2) is 42.5 Å². The first-order chi connectivity index (χ1) is 11.3. The first-order valence-electron chi connectivity index (χ1n) is 8.02. The summed E-state index contributed by atoms with van der Waals surface area (Å²) in [5, 5.41) is 0. The molecule has 0 radical (unpaired) electrons. The van der Waals surface area contributed by atoms with E-state index in [-0.39, 0.29) is 18.9 Å². The van der Waals surface area contributed by atoms with Gasteiger partial charge in [0.1, 0.15) is 6.54 Å². The number of anilines is 1. The Bertz CT molecular complexity index is 575. The van der Waals surface area contributed by atoms with Gasteiger partial charge in [0.2, 0.25) is 11.8 Å². The molecule has 24 heavy (non-hydrogen) atoms. The van der Waals surface area contributed by atoms with Crippen LogP contribution in [0, 0.1) is 5.92 Å². The van der Waals surface area contributed by atoms with Crippen LogP contribution in [0.25, 0.3) is 0 Å². The quantitative estimate of drug-likeness (QED) is 0.796. The van der Waals surface area contributed by atoms with Crippen molar-refractivity contribution >= 4 is 17.5 Å². The second-order valence-corrected chi connectivity index (χ2v) is 5.97. The maximum Gasteiger partial charge on any atom is 0.406 e. The minimum Gasteiger partial charge on any atom is -0.333 e. The molecule has 2 amide bonds. The number of alkyl halides is 3. The number of hydrogen-bond acceptors (Lipinski definition) is 2. The predicted octanol–water partition coefficient (Wildman–Crippen LogP) is 3.23. The molecule has 0 N–H and O–H groups in total. The number of benzene rings is 1. The Hall–Kier alpha value is -2.05. The molecule has 0 saturated carbocycles. The van der Waals surface area contributed by atoms with Crippen molar-refractivity contribution in [1.29, 1.82) is 0 Å². The first kappa shape index (κ1) is 18.3. The third kappa shape index (κ3) is 4.72. The van der Waals surface area contributed by atoms with Gasteiger partial charge in [0.25, 0.3) is 0 Å². The Labute approximate surface area is 139 Å². The molecule has 0 aliphatic carbocycles. The number of amides is 2. The van der Waals surface area contributed by atoms with Crippen molar-refractivity contribution in [3.8, 4) is 0 Å². The van der Waals surface area contributed by atoms with Crippen LogP contribution >= 0.6 is 0 Å². The predicted molar refractivity (Wildman–Crippen MR) is 84.4 cm³/mol. The van der Waals surface area contributed by atoms with Crippen molar-refractivity contribution in [3.63, 3.8) is 0 Å². The number of halogens is 3. The summed E-state index contributed by atoms with van der Waals surface area (Å²) in [6.07, 6.45) is -2.94. The molecule has 1 aliphatic rings. The van der Waals surface area contributed by atoms with E-state index in [9.17, 15) is 22.8 Å². The highest BCUT2D eigenvalue weighted by Crippen LogP contribution is 2.27. The Morgan fingerprint density at radius 2 is 1.96 bits per heavy atom. The lowest BCUT2D eigenvalue weighted by molar-refractivity contribution is -0.157. The molecule has 7 heteroatoms. The molecule has 4 nitrogen and oxygen atoms in total. The molecule has 1 aromatic rings. The number of hydrogen-bond donors (Lipinski definition) is 0. The zero-order chi connectivity index (χ0) is 17.7. The molecule has 1 saturated heterocycles. The first-order valence-corrected chi connectivity index (χ1v) is 8.02. The fourth-order valence-corrected chi connectivity index (χ4v) is 2.82. The molecule has 1 fully saturated rings.